The second-order valence-electron chi connectivity index (χ2n) is 0.861. The van der Waals surface area contributed by atoms with Crippen LogP contribution in [0.3, 0.4) is 0 Å². The Bertz CT molecular complexity index is 76.2. The molecule has 4 heteroatoms. The number of hydrogen-bond acceptors (Lipinski definition) is 2. The third-order valence-electron chi connectivity index (χ3n) is 0.301. The van der Waals surface area contributed by atoms with Gasteiger partial charge in [-0.25, -0.2) is 4.79 Å². The van der Waals surface area contributed by atoms with E-state index in [2.05, 4.69) is 0 Å². The van der Waals surface area contributed by atoms with Crippen LogP contribution >= 0.6 is 0 Å². The number of ketones is 1. The van der Waals surface area contributed by atoms with Crippen LogP contribution in [0.5, 0.6) is 0 Å². The predicted octanol–water partition coefficient (Wildman–Crippen LogP) is -0.343. The summed E-state index contributed by atoms with van der Waals surface area (Å²) < 4.78 is 0. The number of rotatable bonds is 1. The Balaban J connectivity index is 0. The van der Waals surface area contributed by atoms with E-state index in [4.69, 9.17) is 5.11 Å². The molecule has 0 rings (SSSR count). The normalized spacial score (nSPS) is 6.43. The summed E-state index contributed by atoms with van der Waals surface area (Å²) in [4.78, 5) is 18.9. The largest absolute Gasteiger partial charge is 0.476 e. The number of aliphatic carboxylic acids is 1. The minimum Gasteiger partial charge on any atom is -0.476 e. The molecule has 3 nitrogen and oxygen atoms in total. The van der Waals surface area contributed by atoms with Gasteiger partial charge in [-0.2, -0.15) is 0 Å². The standard InChI is InChI=1S/C3H4O3.Pd/c1-2(4)3(5)6;/h1H3,(H,5,6);. The van der Waals surface area contributed by atoms with Gasteiger partial charge in [-0.1, -0.05) is 0 Å². The molecule has 0 aromatic rings. The minimum atomic E-state index is -1.38. The van der Waals surface area contributed by atoms with E-state index in [-0.39, 0.29) is 20.4 Å². The van der Waals surface area contributed by atoms with E-state index >= 15 is 0 Å². The third kappa shape index (κ3) is 5.80. The first-order valence-corrected chi connectivity index (χ1v) is 1.38. The van der Waals surface area contributed by atoms with Gasteiger partial charge in [-0.05, 0) is 0 Å². The summed E-state index contributed by atoms with van der Waals surface area (Å²) in [6, 6.07) is 0. The van der Waals surface area contributed by atoms with Gasteiger partial charge in [0.15, 0.2) is 0 Å². The second kappa shape index (κ2) is 3.97. The summed E-state index contributed by atoms with van der Waals surface area (Å²) in [5.74, 6) is -2.20. The maximum atomic E-state index is 9.54. The first-order valence-electron chi connectivity index (χ1n) is 1.38. The van der Waals surface area contributed by atoms with Gasteiger partial charge in [0, 0.05) is 27.3 Å². The summed E-state index contributed by atoms with van der Waals surface area (Å²) in [6.07, 6.45) is 0. The Morgan fingerprint density at radius 2 is 1.57 bits per heavy atom. The summed E-state index contributed by atoms with van der Waals surface area (Å²) in [7, 11) is 0. The van der Waals surface area contributed by atoms with Crippen LogP contribution in [-0.4, -0.2) is 16.9 Å². The van der Waals surface area contributed by atoms with Crippen molar-refractivity contribution in [3.63, 3.8) is 0 Å². The van der Waals surface area contributed by atoms with E-state index in [0.29, 0.717) is 0 Å². The van der Waals surface area contributed by atoms with Crippen molar-refractivity contribution >= 4 is 11.8 Å². The summed E-state index contributed by atoms with van der Waals surface area (Å²) in [5.41, 5.74) is 0. The molecule has 7 heavy (non-hydrogen) atoms. The van der Waals surface area contributed by atoms with Gasteiger partial charge in [-0.15, -0.1) is 0 Å². The molecule has 0 spiro atoms. The topological polar surface area (TPSA) is 54.4 Å². The quantitative estimate of drug-likeness (QED) is 0.459. The van der Waals surface area contributed by atoms with Crippen molar-refractivity contribution < 1.29 is 35.1 Å². The molecule has 0 amide bonds. The molecule has 1 N–H and O–H groups in total. The fourth-order valence-corrected chi connectivity index (χ4v) is 0. The second-order valence-corrected chi connectivity index (χ2v) is 0.861. The molecular weight excluding hydrogens is 190 g/mol. The van der Waals surface area contributed by atoms with Crippen molar-refractivity contribution in [1.82, 2.24) is 0 Å². The molecule has 0 unspecified atom stereocenters. The Morgan fingerprint density at radius 1 is 1.43 bits per heavy atom. The zero-order valence-corrected chi connectivity index (χ0v) is 5.13. The van der Waals surface area contributed by atoms with Gasteiger partial charge >= 0.3 is 5.97 Å². The Hall–Kier alpha value is -0.198. The van der Waals surface area contributed by atoms with Gasteiger partial charge in [0.1, 0.15) is 0 Å². The molecule has 0 atom stereocenters. The molecule has 0 aromatic carbocycles. The fraction of sp³-hybridized carbons (Fsp3) is 0.333. The van der Waals surface area contributed by atoms with Crippen LogP contribution < -0.4 is 0 Å². The van der Waals surface area contributed by atoms with Crippen molar-refractivity contribution in [3.05, 3.63) is 0 Å². The van der Waals surface area contributed by atoms with Crippen LogP contribution in [0.1, 0.15) is 6.92 Å². The molecule has 0 aliphatic carbocycles. The number of carbonyl (C=O) groups is 2. The van der Waals surface area contributed by atoms with Gasteiger partial charge in [-0.3, -0.25) is 4.79 Å². The third-order valence-corrected chi connectivity index (χ3v) is 0.301. The van der Waals surface area contributed by atoms with Crippen molar-refractivity contribution in [2.24, 2.45) is 0 Å². The first-order chi connectivity index (χ1) is 2.64. The van der Waals surface area contributed by atoms with Crippen molar-refractivity contribution in [2.75, 3.05) is 0 Å². The van der Waals surface area contributed by atoms with E-state index in [9.17, 15) is 9.59 Å². The summed E-state index contributed by atoms with van der Waals surface area (Å²) in [6.45, 7) is 1.00. The molecule has 0 aliphatic heterocycles. The molecule has 0 aliphatic rings. The molecule has 0 bridgehead atoms. The number of Topliss-reactive ketones (excluding diaryl/α,β-unsaturated/α-hetero) is 1. The van der Waals surface area contributed by atoms with Gasteiger partial charge in [0.05, 0.1) is 0 Å². The monoisotopic (exact) mass is 194 g/mol. The predicted molar refractivity (Wildman–Crippen MR) is 18.3 cm³/mol. The molecule has 0 radical (unpaired) electrons. The summed E-state index contributed by atoms with van der Waals surface area (Å²) in [5, 5.41) is 7.64. The molecule has 44 valence electrons. The van der Waals surface area contributed by atoms with Crippen LogP contribution in [-0.2, 0) is 30.0 Å². The average Bonchev–Trinajstić information content (AvgIpc) is 1.36. The molecule has 0 saturated heterocycles. The first kappa shape index (κ1) is 9.93. The van der Waals surface area contributed by atoms with E-state index in [1.54, 1.807) is 0 Å². The number of carbonyl (C=O) groups excluding carboxylic acids is 1. The maximum absolute atomic E-state index is 9.54. The smallest absolute Gasteiger partial charge is 0.371 e. The van der Waals surface area contributed by atoms with Crippen LogP contribution in [0.25, 0.3) is 0 Å². The minimum absolute atomic E-state index is 0. The van der Waals surface area contributed by atoms with Crippen molar-refractivity contribution in [1.29, 1.82) is 0 Å². The van der Waals surface area contributed by atoms with Gasteiger partial charge < -0.3 is 5.11 Å². The molecule has 0 saturated carbocycles. The molecule has 0 heterocycles. The zero-order chi connectivity index (χ0) is 5.15. The number of carboxylic acids is 1. The molecule has 0 fully saturated rings. The number of hydrogen-bond donors (Lipinski definition) is 1. The van der Waals surface area contributed by atoms with E-state index in [0.717, 1.165) is 6.92 Å². The van der Waals surface area contributed by atoms with Crippen molar-refractivity contribution in [3.8, 4) is 0 Å². The van der Waals surface area contributed by atoms with Crippen LogP contribution in [0.15, 0.2) is 0 Å². The van der Waals surface area contributed by atoms with Gasteiger partial charge in [0.2, 0.25) is 5.78 Å². The van der Waals surface area contributed by atoms with E-state index in [1.807, 2.05) is 0 Å². The van der Waals surface area contributed by atoms with E-state index < -0.39 is 11.8 Å². The Kier molecular flexibility index (Phi) is 5.64. The van der Waals surface area contributed by atoms with Crippen LogP contribution in [0, 0.1) is 0 Å². The average molecular weight is 194 g/mol. The SMILES string of the molecule is CC(=O)C(=O)O.[Pd]. The van der Waals surface area contributed by atoms with Crippen LogP contribution in [0.4, 0.5) is 0 Å². The van der Waals surface area contributed by atoms with Crippen molar-refractivity contribution in [2.45, 2.75) is 6.92 Å². The molecular formula is C3H4O3Pd. The fourth-order valence-electron chi connectivity index (χ4n) is 0. The maximum Gasteiger partial charge on any atom is 0.371 e. The molecule has 0 aromatic heterocycles. The summed E-state index contributed by atoms with van der Waals surface area (Å²) >= 11 is 0. The van der Waals surface area contributed by atoms with Gasteiger partial charge in [0.25, 0.3) is 0 Å². The van der Waals surface area contributed by atoms with E-state index in [1.165, 1.54) is 0 Å². The zero-order valence-electron chi connectivity index (χ0n) is 3.58. The Morgan fingerprint density at radius 3 is 1.57 bits per heavy atom. The number of carboxylic acid groups (broad SMARTS) is 1. The Labute approximate surface area is 54.4 Å². The van der Waals surface area contributed by atoms with Crippen LogP contribution in [0.2, 0.25) is 0 Å².